The molecule has 186 valence electrons. The van der Waals surface area contributed by atoms with Crippen LogP contribution in [0, 0.1) is 17.8 Å². The molecular formula is C26H22BrNO8. The van der Waals surface area contributed by atoms with Gasteiger partial charge in [0.25, 0.3) is 0 Å². The SMILES string of the molecule is CCOc1cc(C2C3=CCC4C(=O)N(C(=O)OC)C(=O)C4C3CC3=C2C(=O)C=C(Br)C3=O)ccc1O. The molecule has 0 bridgehead atoms. The summed E-state index contributed by atoms with van der Waals surface area (Å²) in [5.41, 5.74) is 1.90. The second kappa shape index (κ2) is 8.85. The summed E-state index contributed by atoms with van der Waals surface area (Å²) in [6, 6.07) is 4.73. The molecule has 0 spiro atoms. The van der Waals surface area contributed by atoms with Gasteiger partial charge in [-0.1, -0.05) is 17.7 Å². The van der Waals surface area contributed by atoms with Gasteiger partial charge >= 0.3 is 6.09 Å². The van der Waals surface area contributed by atoms with Gasteiger partial charge in [0.2, 0.25) is 11.8 Å². The molecule has 0 radical (unpaired) electrons. The maximum Gasteiger partial charge on any atom is 0.423 e. The Morgan fingerprint density at radius 2 is 1.92 bits per heavy atom. The number of methoxy groups -OCH3 is 1. The van der Waals surface area contributed by atoms with Gasteiger partial charge in [-0.05, 0) is 59.3 Å². The van der Waals surface area contributed by atoms with E-state index in [-0.39, 0.29) is 46.0 Å². The molecule has 1 aliphatic heterocycles. The summed E-state index contributed by atoms with van der Waals surface area (Å²) < 4.78 is 10.3. The molecule has 10 heteroatoms. The van der Waals surface area contributed by atoms with Crippen LogP contribution in [0.5, 0.6) is 11.5 Å². The summed E-state index contributed by atoms with van der Waals surface area (Å²) in [7, 11) is 1.10. The van der Waals surface area contributed by atoms with E-state index in [1.165, 1.54) is 12.1 Å². The van der Waals surface area contributed by atoms with E-state index in [1.807, 2.05) is 6.08 Å². The quantitative estimate of drug-likeness (QED) is 0.342. The Morgan fingerprint density at radius 3 is 2.61 bits per heavy atom. The largest absolute Gasteiger partial charge is 0.504 e. The monoisotopic (exact) mass is 555 g/mol. The smallest absolute Gasteiger partial charge is 0.423 e. The van der Waals surface area contributed by atoms with Crippen LogP contribution in [0.15, 0.2) is 51.6 Å². The molecule has 1 N–H and O–H groups in total. The van der Waals surface area contributed by atoms with Crippen LogP contribution in [0.1, 0.15) is 31.2 Å². The number of imide groups is 3. The molecule has 1 aromatic rings. The number of aromatic hydroxyl groups is 1. The van der Waals surface area contributed by atoms with Crippen molar-refractivity contribution in [3.05, 3.63) is 57.1 Å². The molecule has 1 saturated heterocycles. The Morgan fingerprint density at radius 1 is 1.17 bits per heavy atom. The van der Waals surface area contributed by atoms with Gasteiger partial charge in [0, 0.05) is 23.1 Å². The highest BCUT2D eigenvalue weighted by Crippen LogP contribution is 2.55. The van der Waals surface area contributed by atoms with Crippen LogP contribution in [0.25, 0.3) is 0 Å². The zero-order chi connectivity index (χ0) is 25.9. The third kappa shape index (κ3) is 3.46. The minimum absolute atomic E-state index is 0.0705. The van der Waals surface area contributed by atoms with E-state index in [2.05, 4.69) is 20.7 Å². The highest BCUT2D eigenvalue weighted by molar-refractivity contribution is 9.12. The molecule has 36 heavy (non-hydrogen) atoms. The number of hydrogen-bond donors (Lipinski definition) is 1. The van der Waals surface area contributed by atoms with Crippen molar-refractivity contribution >= 4 is 45.4 Å². The number of rotatable bonds is 3. The van der Waals surface area contributed by atoms with Crippen molar-refractivity contribution in [2.24, 2.45) is 17.8 Å². The van der Waals surface area contributed by atoms with E-state index in [0.717, 1.165) is 12.7 Å². The van der Waals surface area contributed by atoms with Crippen LogP contribution in [-0.2, 0) is 23.9 Å². The molecule has 1 heterocycles. The van der Waals surface area contributed by atoms with E-state index in [0.29, 0.717) is 22.6 Å². The number of Topliss-reactive ketones (excluding diaryl/α,β-unsaturated/α-hetero) is 1. The Labute approximate surface area is 214 Å². The number of phenolic OH excluding ortho intramolecular Hbond substituents is 1. The number of amides is 3. The van der Waals surface area contributed by atoms with Crippen molar-refractivity contribution in [2.45, 2.75) is 25.7 Å². The van der Waals surface area contributed by atoms with Crippen LogP contribution in [0.3, 0.4) is 0 Å². The van der Waals surface area contributed by atoms with Gasteiger partial charge in [-0.15, -0.1) is 0 Å². The number of halogens is 1. The Bertz CT molecular complexity index is 1340. The number of fused-ring (bicyclic) bond motifs is 3. The molecule has 9 nitrogen and oxygen atoms in total. The van der Waals surface area contributed by atoms with E-state index in [9.17, 15) is 29.1 Å². The van der Waals surface area contributed by atoms with Gasteiger partial charge in [0.15, 0.2) is 23.1 Å². The fraction of sp³-hybridized carbons (Fsp3) is 0.346. The Balaban J connectivity index is 1.68. The lowest BCUT2D eigenvalue weighted by Crippen LogP contribution is -2.40. The van der Waals surface area contributed by atoms with Crippen molar-refractivity contribution in [3.8, 4) is 11.5 Å². The maximum absolute atomic E-state index is 13.3. The van der Waals surface area contributed by atoms with Gasteiger partial charge < -0.3 is 14.6 Å². The summed E-state index contributed by atoms with van der Waals surface area (Å²) in [6.45, 7) is 2.08. The summed E-state index contributed by atoms with van der Waals surface area (Å²) >= 11 is 3.18. The van der Waals surface area contributed by atoms with Crippen molar-refractivity contribution < 1.29 is 38.6 Å². The topological polar surface area (TPSA) is 127 Å². The van der Waals surface area contributed by atoms with Gasteiger partial charge in [-0.25, -0.2) is 4.79 Å². The van der Waals surface area contributed by atoms with Crippen molar-refractivity contribution in [3.63, 3.8) is 0 Å². The summed E-state index contributed by atoms with van der Waals surface area (Å²) in [5.74, 6) is -4.74. The lowest BCUT2D eigenvalue weighted by atomic mass is 9.59. The van der Waals surface area contributed by atoms with Crippen LogP contribution in [-0.4, -0.2) is 53.2 Å². The number of nitrogens with zero attached hydrogens (tertiary/aromatic N) is 1. The number of carbonyl (C=O) groups is 5. The average molecular weight is 556 g/mol. The van der Waals surface area contributed by atoms with Gasteiger partial charge in [0.05, 0.1) is 30.0 Å². The predicted octanol–water partition coefficient (Wildman–Crippen LogP) is 3.32. The average Bonchev–Trinajstić information content (AvgIpc) is 3.12. The number of ketones is 2. The van der Waals surface area contributed by atoms with E-state index in [1.54, 1.807) is 19.1 Å². The van der Waals surface area contributed by atoms with Gasteiger partial charge in [-0.2, -0.15) is 4.90 Å². The molecule has 3 aliphatic carbocycles. The molecular weight excluding hydrogens is 534 g/mol. The van der Waals surface area contributed by atoms with Crippen LogP contribution < -0.4 is 4.74 Å². The Hall–Kier alpha value is -3.53. The first kappa shape index (κ1) is 24.2. The molecule has 4 unspecified atom stereocenters. The number of phenols is 1. The van der Waals surface area contributed by atoms with Crippen molar-refractivity contribution in [1.82, 2.24) is 4.90 Å². The van der Waals surface area contributed by atoms with Crippen LogP contribution in [0.2, 0.25) is 0 Å². The molecule has 4 atom stereocenters. The molecule has 0 aromatic heterocycles. The zero-order valence-corrected chi connectivity index (χ0v) is 21.0. The maximum atomic E-state index is 13.3. The summed E-state index contributed by atoms with van der Waals surface area (Å²) in [4.78, 5) is 65.5. The zero-order valence-electron chi connectivity index (χ0n) is 19.4. The highest BCUT2D eigenvalue weighted by atomic mass is 79.9. The third-order valence-electron chi connectivity index (χ3n) is 7.31. The standard InChI is InChI=1S/C26H22BrNO8/c1-3-36-19-8-11(4-7-17(19)29)20-12-5-6-13-21(25(33)28(24(13)32)26(34)35-2)14(12)9-15-22(20)18(30)10-16(27)23(15)31/h4-5,7-8,10,13-14,20-21,29H,3,6,9H2,1-2H3. The molecule has 1 aromatic carbocycles. The summed E-state index contributed by atoms with van der Waals surface area (Å²) in [5, 5.41) is 10.2. The van der Waals surface area contributed by atoms with Crippen molar-refractivity contribution in [1.29, 1.82) is 0 Å². The lowest BCUT2D eigenvalue weighted by Gasteiger charge is -2.42. The fourth-order valence-electron chi connectivity index (χ4n) is 5.84. The first-order chi connectivity index (χ1) is 17.2. The molecule has 3 amide bonds. The van der Waals surface area contributed by atoms with Gasteiger partial charge in [0.1, 0.15) is 0 Å². The minimum atomic E-state index is -1.04. The number of benzene rings is 1. The van der Waals surface area contributed by atoms with E-state index in [4.69, 9.17) is 4.74 Å². The molecule has 4 aliphatic rings. The van der Waals surface area contributed by atoms with E-state index >= 15 is 0 Å². The number of carbonyl (C=O) groups excluding carboxylic acids is 5. The predicted molar refractivity (Wildman–Crippen MR) is 128 cm³/mol. The number of hydrogen-bond acceptors (Lipinski definition) is 8. The van der Waals surface area contributed by atoms with Gasteiger partial charge in [-0.3, -0.25) is 19.2 Å². The minimum Gasteiger partial charge on any atom is -0.504 e. The first-order valence-corrected chi connectivity index (χ1v) is 12.3. The number of allylic oxidation sites excluding steroid dienone is 6. The molecule has 5 rings (SSSR count). The third-order valence-corrected chi connectivity index (χ3v) is 7.89. The number of likely N-dealkylation sites (tertiary alicyclic amines) is 1. The van der Waals surface area contributed by atoms with Crippen LogP contribution >= 0.6 is 15.9 Å². The second-order valence-electron chi connectivity index (χ2n) is 9.04. The number of ether oxygens (including phenoxy) is 2. The molecule has 1 fully saturated rings. The molecule has 0 saturated carbocycles. The summed E-state index contributed by atoms with van der Waals surface area (Å²) in [6.07, 6.45) is 2.32. The second-order valence-corrected chi connectivity index (χ2v) is 9.89. The Kier molecular flexibility index (Phi) is 5.94. The lowest BCUT2D eigenvalue weighted by molar-refractivity contribution is -0.137. The van der Waals surface area contributed by atoms with E-state index < -0.39 is 41.6 Å². The normalized spacial score (nSPS) is 27.2. The van der Waals surface area contributed by atoms with Crippen LogP contribution in [0.4, 0.5) is 4.79 Å². The highest BCUT2D eigenvalue weighted by Gasteiger charge is 2.58. The fourth-order valence-corrected chi connectivity index (χ4v) is 6.29. The van der Waals surface area contributed by atoms with Crippen molar-refractivity contribution in [2.75, 3.05) is 13.7 Å². The first-order valence-electron chi connectivity index (χ1n) is 11.5.